The number of nitrogens with zero attached hydrogens (tertiary/aromatic N) is 7. The van der Waals surface area contributed by atoms with E-state index in [9.17, 15) is 0 Å². The van der Waals surface area contributed by atoms with Gasteiger partial charge in [-0.15, -0.1) is 11.3 Å². The molecule has 0 atom stereocenters. The second-order valence-electron chi connectivity index (χ2n) is 8.61. The lowest BCUT2D eigenvalue weighted by Gasteiger charge is -2.35. The first-order chi connectivity index (χ1) is 15.6. The van der Waals surface area contributed by atoms with Crippen molar-refractivity contribution in [3.8, 4) is 11.1 Å². The number of imidazole rings is 1. The minimum atomic E-state index is 0.737. The number of anilines is 1. The summed E-state index contributed by atoms with van der Waals surface area (Å²) >= 11 is 1.72. The average molecular weight is 448 g/mol. The van der Waals surface area contributed by atoms with Crippen LogP contribution in [0.3, 0.4) is 0 Å². The lowest BCUT2D eigenvalue weighted by atomic mass is 10.1. The second kappa shape index (κ2) is 8.97. The fraction of sp³-hybridized carbons (Fsp3) is 0.375. The molecule has 1 aliphatic rings. The summed E-state index contributed by atoms with van der Waals surface area (Å²) in [5.41, 5.74) is 2.45. The van der Waals surface area contributed by atoms with Crippen molar-refractivity contribution < 1.29 is 0 Å². The molecule has 1 saturated heterocycles. The molecule has 1 aliphatic heterocycles. The number of thiophene rings is 1. The number of hydrogen-bond acceptors (Lipinski definition) is 7. The molecule has 0 aliphatic carbocycles. The van der Waals surface area contributed by atoms with E-state index in [1.807, 2.05) is 12.4 Å². The van der Waals surface area contributed by atoms with Gasteiger partial charge < -0.3 is 14.4 Å². The van der Waals surface area contributed by atoms with Crippen LogP contribution >= 0.6 is 11.3 Å². The van der Waals surface area contributed by atoms with Crippen molar-refractivity contribution in [1.29, 1.82) is 0 Å². The minimum Gasteiger partial charge on any atom is -0.353 e. The summed E-state index contributed by atoms with van der Waals surface area (Å²) in [7, 11) is 6.19. The molecule has 0 bridgehead atoms. The molecule has 0 amide bonds. The predicted molar refractivity (Wildman–Crippen MR) is 131 cm³/mol. The second-order valence-corrected chi connectivity index (χ2v) is 9.47. The molecular formula is C24H29N7S. The Hall–Kier alpha value is -2.81. The van der Waals surface area contributed by atoms with E-state index in [2.05, 4.69) is 81.1 Å². The van der Waals surface area contributed by atoms with Crippen molar-refractivity contribution in [2.24, 2.45) is 7.05 Å². The Morgan fingerprint density at radius 2 is 1.81 bits per heavy atom. The molecule has 1 fully saturated rings. The number of benzene rings is 1. The lowest BCUT2D eigenvalue weighted by molar-refractivity contribution is 0.241. The molecule has 0 saturated carbocycles. The van der Waals surface area contributed by atoms with Crippen molar-refractivity contribution in [3.05, 3.63) is 59.8 Å². The normalized spacial score (nSPS) is 15.2. The average Bonchev–Trinajstić information content (AvgIpc) is 3.40. The molecule has 1 aromatic carbocycles. The molecule has 5 rings (SSSR count). The van der Waals surface area contributed by atoms with Gasteiger partial charge in [0.2, 0.25) is 0 Å². The quantitative estimate of drug-likeness (QED) is 0.451. The molecule has 32 heavy (non-hydrogen) atoms. The molecule has 7 nitrogen and oxygen atoms in total. The zero-order chi connectivity index (χ0) is 22.1. The van der Waals surface area contributed by atoms with E-state index in [0.29, 0.717) is 0 Å². The minimum absolute atomic E-state index is 0.737. The maximum absolute atomic E-state index is 5.08. The summed E-state index contributed by atoms with van der Waals surface area (Å²) in [6.07, 6.45) is 3.88. The molecule has 0 unspecified atom stereocenters. The first kappa shape index (κ1) is 21.1. The van der Waals surface area contributed by atoms with Gasteiger partial charge in [-0.3, -0.25) is 4.90 Å². The maximum Gasteiger partial charge on any atom is 0.146 e. The smallest absolute Gasteiger partial charge is 0.146 e. The Labute approximate surface area is 193 Å². The molecule has 166 valence electrons. The van der Waals surface area contributed by atoms with Crippen LogP contribution in [0.1, 0.15) is 11.6 Å². The molecule has 0 N–H and O–H groups in total. The molecule has 8 heteroatoms. The van der Waals surface area contributed by atoms with Gasteiger partial charge in [-0.1, -0.05) is 30.3 Å². The van der Waals surface area contributed by atoms with Crippen LogP contribution in [-0.4, -0.2) is 69.6 Å². The first-order valence-electron chi connectivity index (χ1n) is 11.0. The van der Waals surface area contributed by atoms with Crippen LogP contribution in [0, 0.1) is 0 Å². The van der Waals surface area contributed by atoms with E-state index in [4.69, 9.17) is 9.97 Å². The number of hydrogen-bond donors (Lipinski definition) is 0. The van der Waals surface area contributed by atoms with Gasteiger partial charge in [-0.05, 0) is 19.7 Å². The monoisotopic (exact) mass is 447 g/mol. The summed E-state index contributed by atoms with van der Waals surface area (Å²) in [4.78, 5) is 22.6. The summed E-state index contributed by atoms with van der Waals surface area (Å²) < 4.78 is 2.10. The van der Waals surface area contributed by atoms with Crippen LogP contribution in [0.4, 0.5) is 5.82 Å². The number of piperazine rings is 1. The van der Waals surface area contributed by atoms with Gasteiger partial charge in [0.1, 0.15) is 22.3 Å². The molecule has 4 heterocycles. The Morgan fingerprint density at radius 1 is 1.03 bits per heavy atom. The number of rotatable bonds is 6. The highest BCUT2D eigenvalue weighted by atomic mass is 32.1. The van der Waals surface area contributed by atoms with Crippen molar-refractivity contribution in [1.82, 2.24) is 29.3 Å². The highest BCUT2D eigenvalue weighted by Crippen LogP contribution is 2.38. The van der Waals surface area contributed by atoms with E-state index >= 15 is 0 Å². The van der Waals surface area contributed by atoms with Crippen LogP contribution in [-0.2, 0) is 20.1 Å². The summed E-state index contributed by atoms with van der Waals surface area (Å²) in [5.74, 6) is 3.07. The van der Waals surface area contributed by atoms with E-state index in [0.717, 1.165) is 61.6 Å². The third-order valence-electron chi connectivity index (χ3n) is 5.96. The molecule has 0 radical (unpaired) electrons. The van der Waals surface area contributed by atoms with E-state index in [1.54, 1.807) is 11.3 Å². The molecule has 3 aromatic heterocycles. The standard InChI is InChI=1S/C24H29N7S/c1-28(2)15-20-26-23(22-19(17-32-24(22)27-20)18-7-5-4-6-8-18)31-13-11-30(12-14-31)16-21-25-9-10-29(21)3/h4-10,17H,11-16H2,1-3H3. The van der Waals surface area contributed by atoms with Gasteiger partial charge in [-0.25, -0.2) is 15.0 Å². The number of fused-ring (bicyclic) bond motifs is 1. The zero-order valence-electron chi connectivity index (χ0n) is 18.9. The Kier molecular flexibility index (Phi) is 5.91. The predicted octanol–water partition coefficient (Wildman–Crippen LogP) is 3.48. The van der Waals surface area contributed by atoms with Crippen LogP contribution < -0.4 is 4.90 Å². The van der Waals surface area contributed by atoms with Gasteiger partial charge >= 0.3 is 0 Å². The van der Waals surface area contributed by atoms with Gasteiger partial charge in [0.05, 0.1) is 18.5 Å². The largest absolute Gasteiger partial charge is 0.353 e. The third-order valence-corrected chi connectivity index (χ3v) is 6.83. The first-order valence-corrected chi connectivity index (χ1v) is 11.9. The molecule has 0 spiro atoms. The van der Waals surface area contributed by atoms with Gasteiger partial charge in [-0.2, -0.15) is 0 Å². The number of aryl methyl sites for hydroxylation is 1. The van der Waals surface area contributed by atoms with Crippen LogP contribution in [0.25, 0.3) is 21.3 Å². The zero-order valence-corrected chi connectivity index (χ0v) is 19.7. The van der Waals surface area contributed by atoms with Crippen molar-refractivity contribution in [2.45, 2.75) is 13.1 Å². The van der Waals surface area contributed by atoms with E-state index in [-0.39, 0.29) is 0 Å². The van der Waals surface area contributed by atoms with Gasteiger partial charge in [0.25, 0.3) is 0 Å². The van der Waals surface area contributed by atoms with Gasteiger partial charge in [0.15, 0.2) is 0 Å². The maximum atomic E-state index is 5.08. The molecular weight excluding hydrogens is 418 g/mol. The van der Waals surface area contributed by atoms with E-state index in [1.165, 1.54) is 16.5 Å². The summed E-state index contributed by atoms with van der Waals surface area (Å²) in [6.45, 7) is 5.50. The highest BCUT2D eigenvalue weighted by molar-refractivity contribution is 7.17. The number of aromatic nitrogens is 4. The molecule has 4 aromatic rings. The van der Waals surface area contributed by atoms with E-state index < -0.39 is 0 Å². The highest BCUT2D eigenvalue weighted by Gasteiger charge is 2.24. The summed E-state index contributed by atoms with van der Waals surface area (Å²) in [6, 6.07) is 10.6. The van der Waals surface area contributed by atoms with Gasteiger partial charge in [0, 0.05) is 56.6 Å². The van der Waals surface area contributed by atoms with Crippen LogP contribution in [0.15, 0.2) is 48.1 Å². The summed E-state index contributed by atoms with van der Waals surface area (Å²) in [5, 5.41) is 3.41. The fourth-order valence-electron chi connectivity index (χ4n) is 4.25. The third kappa shape index (κ3) is 4.26. The lowest BCUT2D eigenvalue weighted by Crippen LogP contribution is -2.46. The Morgan fingerprint density at radius 3 is 2.50 bits per heavy atom. The Bertz CT molecular complexity index is 1190. The van der Waals surface area contributed by atoms with Crippen molar-refractivity contribution in [3.63, 3.8) is 0 Å². The van der Waals surface area contributed by atoms with Crippen molar-refractivity contribution in [2.75, 3.05) is 45.2 Å². The van der Waals surface area contributed by atoms with Crippen LogP contribution in [0.5, 0.6) is 0 Å². The SMILES string of the molecule is CN(C)Cc1nc(N2CCN(Cc3nccn3C)CC2)c2c(-c3ccccc3)csc2n1. The van der Waals surface area contributed by atoms with Crippen LogP contribution in [0.2, 0.25) is 0 Å². The van der Waals surface area contributed by atoms with Crippen molar-refractivity contribution >= 4 is 27.4 Å². The Balaban J connectivity index is 1.46. The fourth-order valence-corrected chi connectivity index (χ4v) is 5.21. The topological polar surface area (TPSA) is 53.3 Å².